The number of nitrogens with zero attached hydrogens (tertiary/aromatic N) is 1. The molecule has 2 aromatic rings. The highest BCUT2D eigenvalue weighted by Gasteiger charge is 2.16. The maximum atomic E-state index is 11.8. The minimum Gasteiger partial charge on any atom is -0.507 e. The Kier molecular flexibility index (Phi) is 4.38. The predicted octanol–water partition coefficient (Wildman–Crippen LogP) is 1.93. The fourth-order valence-electron chi connectivity index (χ4n) is 1.60. The highest BCUT2D eigenvalue weighted by Crippen LogP contribution is 2.36. The highest BCUT2D eigenvalue weighted by molar-refractivity contribution is 6.30. The van der Waals surface area contributed by atoms with Gasteiger partial charge in [0.15, 0.2) is 11.5 Å². The van der Waals surface area contributed by atoms with Crippen molar-refractivity contribution in [3.63, 3.8) is 0 Å². The first-order valence-corrected chi connectivity index (χ1v) is 6.33. The summed E-state index contributed by atoms with van der Waals surface area (Å²) in [6.07, 6.45) is 1.16. The summed E-state index contributed by atoms with van der Waals surface area (Å²) in [4.78, 5) is 11.8. The lowest BCUT2D eigenvalue weighted by atomic mass is 10.1. The van der Waals surface area contributed by atoms with Gasteiger partial charge in [-0.1, -0.05) is 11.6 Å². The molecular formula is C14H11ClN2O5. The van der Waals surface area contributed by atoms with Crippen LogP contribution in [0.15, 0.2) is 35.4 Å². The van der Waals surface area contributed by atoms with E-state index in [1.807, 2.05) is 0 Å². The van der Waals surface area contributed by atoms with Gasteiger partial charge in [0.05, 0.1) is 11.8 Å². The van der Waals surface area contributed by atoms with Crippen molar-refractivity contribution in [3.05, 3.63) is 46.5 Å². The van der Waals surface area contributed by atoms with Crippen LogP contribution < -0.4 is 5.43 Å². The minimum atomic E-state index is -0.814. The zero-order valence-corrected chi connectivity index (χ0v) is 11.7. The lowest BCUT2D eigenvalue weighted by molar-refractivity contribution is 0.0951. The van der Waals surface area contributed by atoms with E-state index < -0.39 is 23.2 Å². The third kappa shape index (κ3) is 3.21. The van der Waals surface area contributed by atoms with Crippen molar-refractivity contribution < 1.29 is 25.2 Å². The minimum absolute atomic E-state index is 0.0764. The first-order chi connectivity index (χ1) is 10.4. The monoisotopic (exact) mass is 322 g/mol. The van der Waals surface area contributed by atoms with Crippen LogP contribution >= 0.6 is 11.6 Å². The number of nitrogens with one attached hydrogen (secondary N) is 1. The molecule has 0 spiro atoms. The number of hydrazone groups is 1. The highest BCUT2D eigenvalue weighted by atomic mass is 35.5. The van der Waals surface area contributed by atoms with Crippen LogP contribution in [0.2, 0.25) is 5.02 Å². The van der Waals surface area contributed by atoms with Crippen molar-refractivity contribution in [3.8, 4) is 23.0 Å². The molecule has 0 saturated carbocycles. The van der Waals surface area contributed by atoms with Crippen LogP contribution in [0, 0.1) is 0 Å². The van der Waals surface area contributed by atoms with E-state index in [2.05, 4.69) is 10.5 Å². The van der Waals surface area contributed by atoms with E-state index in [0.717, 1.165) is 18.3 Å². The number of hydrogen-bond donors (Lipinski definition) is 5. The first kappa shape index (κ1) is 15.5. The van der Waals surface area contributed by atoms with Gasteiger partial charge in [0.1, 0.15) is 5.75 Å². The summed E-state index contributed by atoms with van der Waals surface area (Å²) in [5.74, 6) is -3.01. The second kappa shape index (κ2) is 6.23. The number of amides is 1. The van der Waals surface area contributed by atoms with E-state index >= 15 is 0 Å². The molecule has 8 heteroatoms. The third-order valence-corrected chi connectivity index (χ3v) is 2.97. The van der Waals surface area contributed by atoms with Crippen LogP contribution in [0.3, 0.4) is 0 Å². The molecule has 5 N–H and O–H groups in total. The normalized spacial score (nSPS) is 10.8. The van der Waals surface area contributed by atoms with Gasteiger partial charge >= 0.3 is 0 Å². The zero-order chi connectivity index (χ0) is 16.3. The molecule has 0 unspecified atom stereocenters. The lowest BCUT2D eigenvalue weighted by Crippen LogP contribution is -2.17. The quantitative estimate of drug-likeness (QED) is 0.336. The predicted molar refractivity (Wildman–Crippen MR) is 79.6 cm³/mol. The maximum absolute atomic E-state index is 11.8. The Morgan fingerprint density at radius 3 is 2.45 bits per heavy atom. The molecule has 0 aromatic heterocycles. The van der Waals surface area contributed by atoms with Crippen molar-refractivity contribution in [1.82, 2.24) is 5.43 Å². The number of phenolic OH excluding ortho intramolecular Hbond substituents is 4. The van der Waals surface area contributed by atoms with Crippen LogP contribution in [0.1, 0.15) is 15.9 Å². The Bertz CT molecular complexity index is 761. The molecule has 0 aliphatic rings. The molecule has 0 bridgehead atoms. The zero-order valence-electron chi connectivity index (χ0n) is 11.0. The molecule has 0 radical (unpaired) electrons. The van der Waals surface area contributed by atoms with E-state index in [1.165, 1.54) is 18.2 Å². The molecular weight excluding hydrogens is 312 g/mol. The topological polar surface area (TPSA) is 122 Å². The average Bonchev–Trinajstić information content (AvgIpc) is 2.48. The fraction of sp³-hybridized carbons (Fsp3) is 0. The van der Waals surface area contributed by atoms with E-state index in [4.69, 9.17) is 11.6 Å². The van der Waals surface area contributed by atoms with E-state index in [-0.39, 0.29) is 16.9 Å². The average molecular weight is 323 g/mol. The lowest BCUT2D eigenvalue weighted by Gasteiger charge is -2.06. The summed E-state index contributed by atoms with van der Waals surface area (Å²) >= 11 is 5.76. The van der Waals surface area contributed by atoms with Gasteiger partial charge in [-0.15, -0.1) is 0 Å². The van der Waals surface area contributed by atoms with Crippen molar-refractivity contribution in [2.45, 2.75) is 0 Å². The third-order valence-electron chi connectivity index (χ3n) is 2.73. The Morgan fingerprint density at radius 1 is 1.05 bits per heavy atom. The molecule has 1 amide bonds. The second-order valence-electron chi connectivity index (χ2n) is 4.23. The molecule has 22 heavy (non-hydrogen) atoms. The molecule has 2 aromatic carbocycles. The van der Waals surface area contributed by atoms with Crippen molar-refractivity contribution in [2.75, 3.05) is 0 Å². The van der Waals surface area contributed by atoms with Crippen LogP contribution in [0.5, 0.6) is 23.0 Å². The summed E-state index contributed by atoms with van der Waals surface area (Å²) in [5, 5.41) is 41.6. The summed E-state index contributed by atoms with van der Waals surface area (Å²) in [5.41, 5.74) is 2.11. The standard InChI is InChI=1S/C14H11ClN2O5/c15-8-1-3-10(18)7(5-8)6-16-17-14(22)9-2-4-11(19)13(21)12(9)20/h1-6,18-21H,(H,17,22). The van der Waals surface area contributed by atoms with Crippen LogP contribution in [0.4, 0.5) is 0 Å². The fourth-order valence-corrected chi connectivity index (χ4v) is 1.78. The van der Waals surface area contributed by atoms with Crippen molar-refractivity contribution in [2.24, 2.45) is 5.10 Å². The molecule has 0 atom stereocenters. The molecule has 0 fully saturated rings. The molecule has 7 nitrogen and oxygen atoms in total. The number of rotatable bonds is 3. The Balaban J connectivity index is 2.15. The van der Waals surface area contributed by atoms with Gasteiger partial charge in [0, 0.05) is 10.6 Å². The van der Waals surface area contributed by atoms with Gasteiger partial charge < -0.3 is 20.4 Å². The van der Waals surface area contributed by atoms with Crippen LogP contribution in [0.25, 0.3) is 0 Å². The van der Waals surface area contributed by atoms with Gasteiger partial charge in [0.25, 0.3) is 5.91 Å². The molecule has 0 heterocycles. The largest absolute Gasteiger partial charge is 0.507 e. The van der Waals surface area contributed by atoms with Gasteiger partial charge in [0.2, 0.25) is 5.75 Å². The number of aromatic hydroxyl groups is 4. The van der Waals surface area contributed by atoms with Gasteiger partial charge in [-0.2, -0.15) is 5.10 Å². The number of carbonyl (C=O) groups is 1. The van der Waals surface area contributed by atoms with E-state index in [0.29, 0.717) is 5.02 Å². The van der Waals surface area contributed by atoms with Crippen molar-refractivity contribution in [1.29, 1.82) is 0 Å². The Labute approximate surface area is 129 Å². The smallest absolute Gasteiger partial charge is 0.275 e. The van der Waals surface area contributed by atoms with Crippen molar-refractivity contribution >= 4 is 23.7 Å². The summed E-state index contributed by atoms with van der Waals surface area (Å²) in [7, 11) is 0. The number of carbonyl (C=O) groups excluding carboxylic acids is 1. The number of benzene rings is 2. The molecule has 0 saturated heterocycles. The SMILES string of the molecule is O=C(NN=Cc1cc(Cl)ccc1O)c1ccc(O)c(O)c1O. The molecule has 114 valence electrons. The summed E-state index contributed by atoms with van der Waals surface area (Å²) < 4.78 is 0. The number of phenols is 4. The van der Waals surface area contributed by atoms with Crippen LogP contribution in [-0.2, 0) is 0 Å². The summed E-state index contributed by atoms with van der Waals surface area (Å²) in [6, 6.07) is 6.47. The Morgan fingerprint density at radius 2 is 1.73 bits per heavy atom. The number of halogens is 1. The van der Waals surface area contributed by atoms with Gasteiger partial charge in [-0.3, -0.25) is 4.79 Å². The molecule has 2 rings (SSSR count). The molecule has 0 aliphatic carbocycles. The first-order valence-electron chi connectivity index (χ1n) is 5.96. The van der Waals surface area contributed by atoms with Crippen LogP contribution in [-0.4, -0.2) is 32.5 Å². The summed E-state index contributed by atoms with van der Waals surface area (Å²) in [6.45, 7) is 0. The van der Waals surface area contributed by atoms with Gasteiger partial charge in [-0.25, -0.2) is 5.43 Å². The number of hydrogen-bond acceptors (Lipinski definition) is 6. The maximum Gasteiger partial charge on any atom is 0.275 e. The second-order valence-corrected chi connectivity index (χ2v) is 4.67. The molecule has 0 aliphatic heterocycles. The van der Waals surface area contributed by atoms with E-state index in [9.17, 15) is 25.2 Å². The Hall–Kier alpha value is -2.93. The van der Waals surface area contributed by atoms with Gasteiger partial charge in [-0.05, 0) is 30.3 Å². The van der Waals surface area contributed by atoms with E-state index in [1.54, 1.807) is 0 Å².